The fraction of sp³-hybridized carbons (Fsp3) is 0.400. The van der Waals surface area contributed by atoms with Crippen LogP contribution in [0, 0.1) is 17.8 Å². The van der Waals surface area contributed by atoms with Gasteiger partial charge >= 0.3 is 5.97 Å². The third kappa shape index (κ3) is 7.88. The van der Waals surface area contributed by atoms with Crippen LogP contribution < -0.4 is 4.74 Å². The average Bonchev–Trinajstić information content (AvgIpc) is 2.61. The van der Waals surface area contributed by atoms with Crippen LogP contribution in [0.5, 0.6) is 5.75 Å². The molecule has 0 N–H and O–H groups in total. The summed E-state index contributed by atoms with van der Waals surface area (Å²) in [6.45, 7) is 10.4. The van der Waals surface area contributed by atoms with Gasteiger partial charge in [-0.2, -0.15) is 0 Å². The first-order valence-electron chi connectivity index (χ1n) is 9.81. The second-order valence-corrected chi connectivity index (χ2v) is 8.00. The van der Waals surface area contributed by atoms with Crippen molar-refractivity contribution in [1.82, 2.24) is 0 Å². The van der Waals surface area contributed by atoms with Crippen molar-refractivity contribution in [3.8, 4) is 17.6 Å². The molecule has 0 bridgehead atoms. The zero-order valence-electron chi connectivity index (χ0n) is 17.5. The van der Waals surface area contributed by atoms with Crippen molar-refractivity contribution in [2.45, 2.75) is 53.1 Å². The molecule has 0 aliphatic heterocycles. The van der Waals surface area contributed by atoms with Crippen molar-refractivity contribution < 1.29 is 14.3 Å². The van der Waals surface area contributed by atoms with E-state index >= 15 is 0 Å². The molecule has 2 aromatic carbocycles. The van der Waals surface area contributed by atoms with Crippen molar-refractivity contribution in [2.75, 3.05) is 6.61 Å². The van der Waals surface area contributed by atoms with Gasteiger partial charge in [-0.1, -0.05) is 30.9 Å². The van der Waals surface area contributed by atoms with Gasteiger partial charge in [-0.15, -0.1) is 0 Å². The van der Waals surface area contributed by atoms with Gasteiger partial charge in [0.1, 0.15) is 11.4 Å². The summed E-state index contributed by atoms with van der Waals surface area (Å²) in [5.74, 6) is 7.31. The van der Waals surface area contributed by atoms with Crippen molar-refractivity contribution in [1.29, 1.82) is 0 Å². The van der Waals surface area contributed by atoms with Crippen LogP contribution in [-0.2, 0) is 16.0 Å². The molecule has 0 saturated carbocycles. The zero-order chi connectivity index (χ0) is 20.6. The first-order chi connectivity index (χ1) is 13.2. The molecular weight excluding hydrogens is 348 g/mol. The third-order valence-corrected chi connectivity index (χ3v) is 3.99. The lowest BCUT2D eigenvalue weighted by Gasteiger charge is -2.21. The summed E-state index contributed by atoms with van der Waals surface area (Å²) in [7, 11) is 0. The van der Waals surface area contributed by atoms with Gasteiger partial charge in [-0.3, -0.25) is 4.79 Å². The van der Waals surface area contributed by atoms with Crippen molar-refractivity contribution in [2.24, 2.45) is 5.92 Å². The van der Waals surface area contributed by atoms with E-state index in [0.717, 1.165) is 23.3 Å². The van der Waals surface area contributed by atoms with Gasteiger partial charge in [0.2, 0.25) is 0 Å². The van der Waals surface area contributed by atoms with E-state index in [2.05, 4.69) is 30.9 Å². The molecular formula is C25H30O3. The van der Waals surface area contributed by atoms with Crippen molar-refractivity contribution >= 4 is 5.97 Å². The molecule has 0 aliphatic carbocycles. The van der Waals surface area contributed by atoms with Gasteiger partial charge in [-0.25, -0.2) is 0 Å². The van der Waals surface area contributed by atoms with Crippen LogP contribution in [0.1, 0.15) is 57.7 Å². The first-order valence-corrected chi connectivity index (χ1v) is 9.81. The molecule has 0 fully saturated rings. The van der Waals surface area contributed by atoms with Crippen LogP contribution in [-0.4, -0.2) is 18.2 Å². The van der Waals surface area contributed by atoms with Crippen LogP contribution in [0.25, 0.3) is 0 Å². The Kier molecular flexibility index (Phi) is 7.70. The van der Waals surface area contributed by atoms with E-state index in [9.17, 15) is 4.79 Å². The number of rotatable bonds is 6. The van der Waals surface area contributed by atoms with E-state index in [1.54, 1.807) is 0 Å². The molecule has 28 heavy (non-hydrogen) atoms. The molecule has 0 aromatic heterocycles. The Morgan fingerprint density at radius 3 is 2.00 bits per heavy atom. The van der Waals surface area contributed by atoms with Crippen LogP contribution >= 0.6 is 0 Å². The molecule has 0 heterocycles. The van der Waals surface area contributed by atoms with Gasteiger partial charge in [-0.05, 0) is 82.0 Å². The highest BCUT2D eigenvalue weighted by atomic mass is 16.6. The number of ether oxygens (including phenoxy) is 2. The summed E-state index contributed by atoms with van der Waals surface area (Å²) >= 11 is 0. The zero-order valence-corrected chi connectivity index (χ0v) is 17.5. The second-order valence-electron chi connectivity index (χ2n) is 8.00. The second kappa shape index (κ2) is 9.99. The summed E-state index contributed by atoms with van der Waals surface area (Å²) in [4.78, 5) is 11.9. The molecule has 3 nitrogen and oxygen atoms in total. The minimum absolute atomic E-state index is 0.141. The summed E-state index contributed by atoms with van der Waals surface area (Å²) in [5, 5.41) is 0. The summed E-state index contributed by atoms with van der Waals surface area (Å²) < 4.78 is 10.8. The minimum atomic E-state index is -0.430. The number of hydrogen-bond donors (Lipinski definition) is 0. The summed E-state index contributed by atoms with van der Waals surface area (Å²) in [6, 6.07) is 16.0. The topological polar surface area (TPSA) is 35.5 Å². The maximum Gasteiger partial charge on any atom is 0.306 e. The van der Waals surface area contributed by atoms with Gasteiger partial charge in [0, 0.05) is 17.5 Å². The Morgan fingerprint density at radius 1 is 0.964 bits per heavy atom. The third-order valence-electron chi connectivity index (χ3n) is 3.99. The molecule has 0 aliphatic rings. The fourth-order valence-electron chi connectivity index (χ4n) is 2.81. The van der Waals surface area contributed by atoms with E-state index in [1.165, 1.54) is 5.56 Å². The Balaban J connectivity index is 1.90. The van der Waals surface area contributed by atoms with E-state index in [0.29, 0.717) is 13.0 Å². The van der Waals surface area contributed by atoms with Gasteiger partial charge in [0.25, 0.3) is 0 Å². The smallest absolute Gasteiger partial charge is 0.306 e. The Labute approximate surface area is 169 Å². The molecule has 1 atom stereocenters. The molecule has 2 rings (SSSR count). The number of esters is 1. The average molecular weight is 379 g/mol. The summed E-state index contributed by atoms with van der Waals surface area (Å²) in [6.07, 6.45) is 1.27. The monoisotopic (exact) mass is 378 g/mol. The van der Waals surface area contributed by atoms with E-state index in [1.807, 2.05) is 64.1 Å². The van der Waals surface area contributed by atoms with Gasteiger partial charge < -0.3 is 9.47 Å². The molecule has 0 radical (unpaired) electrons. The molecule has 0 amide bonds. The highest BCUT2D eigenvalue weighted by Crippen LogP contribution is 2.16. The van der Waals surface area contributed by atoms with Crippen LogP contribution in [0.15, 0.2) is 48.5 Å². The first kappa shape index (κ1) is 21.6. The SMILES string of the molecule is CCOc1ccc(C#Cc2ccc(CC(C)CC(=O)OC(C)(C)C)cc2)cc1. The van der Waals surface area contributed by atoms with Crippen LogP contribution in [0.3, 0.4) is 0 Å². The Bertz CT molecular complexity index is 815. The molecule has 148 valence electrons. The fourth-order valence-corrected chi connectivity index (χ4v) is 2.81. The maximum absolute atomic E-state index is 11.9. The largest absolute Gasteiger partial charge is 0.494 e. The van der Waals surface area contributed by atoms with Crippen LogP contribution in [0.2, 0.25) is 0 Å². The van der Waals surface area contributed by atoms with E-state index in [4.69, 9.17) is 9.47 Å². The van der Waals surface area contributed by atoms with E-state index < -0.39 is 5.60 Å². The predicted molar refractivity (Wildman–Crippen MR) is 113 cm³/mol. The van der Waals surface area contributed by atoms with Crippen molar-refractivity contribution in [3.63, 3.8) is 0 Å². The van der Waals surface area contributed by atoms with Gasteiger partial charge in [0.05, 0.1) is 6.61 Å². The summed E-state index contributed by atoms with van der Waals surface area (Å²) in [5.41, 5.74) is 2.69. The molecule has 0 saturated heterocycles. The van der Waals surface area contributed by atoms with Gasteiger partial charge in [0.15, 0.2) is 0 Å². The Hall–Kier alpha value is -2.73. The number of hydrogen-bond acceptors (Lipinski definition) is 3. The minimum Gasteiger partial charge on any atom is -0.494 e. The number of carbonyl (C=O) groups is 1. The molecule has 1 unspecified atom stereocenters. The predicted octanol–water partition coefficient (Wildman–Crippen LogP) is 5.40. The Morgan fingerprint density at radius 2 is 1.50 bits per heavy atom. The molecule has 3 heteroatoms. The highest BCUT2D eigenvalue weighted by molar-refractivity contribution is 5.70. The lowest BCUT2D eigenvalue weighted by molar-refractivity contribution is -0.155. The highest BCUT2D eigenvalue weighted by Gasteiger charge is 2.18. The maximum atomic E-state index is 11.9. The van der Waals surface area contributed by atoms with Crippen LogP contribution in [0.4, 0.5) is 0 Å². The number of benzene rings is 2. The normalized spacial score (nSPS) is 11.9. The lowest BCUT2D eigenvalue weighted by Crippen LogP contribution is -2.25. The molecule has 2 aromatic rings. The lowest BCUT2D eigenvalue weighted by atomic mass is 9.97. The van der Waals surface area contributed by atoms with Crippen molar-refractivity contribution in [3.05, 3.63) is 65.2 Å². The van der Waals surface area contributed by atoms with E-state index in [-0.39, 0.29) is 11.9 Å². The standard InChI is InChI=1S/C25H30O3/c1-6-27-23-15-13-21(14-16-23)8-7-20-9-11-22(12-10-20)17-19(2)18-24(26)28-25(3,4)5/h9-16,19H,6,17-18H2,1-5H3. The quantitative estimate of drug-likeness (QED) is 0.499. The number of carbonyl (C=O) groups excluding carboxylic acids is 1. The molecule has 0 spiro atoms.